The first kappa shape index (κ1) is 13.7. The Morgan fingerprint density at radius 3 is 3.00 bits per heavy atom. The lowest BCUT2D eigenvalue weighted by Gasteiger charge is -2.10. The molecule has 20 heavy (non-hydrogen) atoms. The molecule has 1 atom stereocenters. The molecule has 1 saturated heterocycles. The minimum absolute atomic E-state index is 0.0685. The van der Waals surface area contributed by atoms with E-state index in [1.54, 1.807) is 0 Å². The zero-order valence-corrected chi connectivity index (χ0v) is 12.0. The van der Waals surface area contributed by atoms with Gasteiger partial charge in [-0.25, -0.2) is 0 Å². The van der Waals surface area contributed by atoms with Crippen LogP contribution in [-0.4, -0.2) is 29.7 Å². The van der Waals surface area contributed by atoms with E-state index in [0.29, 0.717) is 12.1 Å². The van der Waals surface area contributed by atoms with Crippen molar-refractivity contribution in [1.82, 2.24) is 9.88 Å². The summed E-state index contributed by atoms with van der Waals surface area (Å²) < 4.78 is 7.71. The summed E-state index contributed by atoms with van der Waals surface area (Å²) in [5.74, 6) is 0.0685. The average molecular weight is 276 g/mol. The van der Waals surface area contributed by atoms with Crippen LogP contribution in [0, 0.1) is 0 Å². The summed E-state index contributed by atoms with van der Waals surface area (Å²) >= 11 is 0. The molecule has 0 unspecified atom stereocenters. The van der Waals surface area contributed by atoms with E-state index in [2.05, 4.69) is 9.88 Å². The third-order valence-electron chi connectivity index (χ3n) is 4.21. The molecule has 1 saturated carbocycles. The van der Waals surface area contributed by atoms with Crippen LogP contribution in [0.4, 0.5) is 0 Å². The highest BCUT2D eigenvalue weighted by Crippen LogP contribution is 2.35. The Morgan fingerprint density at radius 2 is 2.25 bits per heavy atom. The van der Waals surface area contributed by atoms with Crippen molar-refractivity contribution in [2.45, 2.75) is 57.1 Å². The number of aromatic nitrogens is 1. The van der Waals surface area contributed by atoms with Crippen LogP contribution < -0.4 is 5.32 Å². The SMILES string of the molecule is O=C(NCCCC[C@H]1CCCO1)c1cccn1C1CC1. The lowest BCUT2D eigenvalue weighted by atomic mass is 10.1. The third-order valence-corrected chi connectivity index (χ3v) is 4.21. The van der Waals surface area contributed by atoms with Crippen LogP contribution in [0.3, 0.4) is 0 Å². The molecule has 1 aromatic heterocycles. The largest absolute Gasteiger partial charge is 0.378 e. The Morgan fingerprint density at radius 1 is 1.35 bits per heavy atom. The standard InChI is InChI=1S/C16H24N2O2/c19-16(15-7-3-11-18(15)13-8-9-13)17-10-2-1-5-14-6-4-12-20-14/h3,7,11,13-14H,1-2,4-6,8-10,12H2,(H,17,19)/t14-/m0/s1. The van der Waals surface area contributed by atoms with Gasteiger partial charge in [0.05, 0.1) is 6.10 Å². The number of nitrogens with zero attached hydrogens (tertiary/aromatic N) is 1. The van der Waals surface area contributed by atoms with Crippen LogP contribution >= 0.6 is 0 Å². The summed E-state index contributed by atoms with van der Waals surface area (Å²) in [5, 5.41) is 3.03. The van der Waals surface area contributed by atoms with Crippen molar-refractivity contribution in [3.63, 3.8) is 0 Å². The highest BCUT2D eigenvalue weighted by atomic mass is 16.5. The minimum atomic E-state index is 0.0685. The Bertz CT molecular complexity index is 445. The smallest absolute Gasteiger partial charge is 0.267 e. The molecule has 4 nitrogen and oxygen atoms in total. The van der Waals surface area contributed by atoms with E-state index < -0.39 is 0 Å². The van der Waals surface area contributed by atoms with Gasteiger partial charge in [-0.2, -0.15) is 0 Å². The predicted molar refractivity (Wildman–Crippen MR) is 77.9 cm³/mol. The molecule has 0 aromatic carbocycles. The van der Waals surface area contributed by atoms with E-state index in [0.717, 1.165) is 38.1 Å². The van der Waals surface area contributed by atoms with Gasteiger partial charge in [0.15, 0.2) is 0 Å². The van der Waals surface area contributed by atoms with Crippen LogP contribution in [-0.2, 0) is 4.74 Å². The maximum Gasteiger partial charge on any atom is 0.267 e. The molecule has 4 heteroatoms. The second-order valence-corrected chi connectivity index (χ2v) is 5.92. The molecule has 2 heterocycles. The summed E-state index contributed by atoms with van der Waals surface area (Å²) in [5.41, 5.74) is 0.812. The third kappa shape index (κ3) is 3.42. The van der Waals surface area contributed by atoms with Crippen molar-refractivity contribution in [3.8, 4) is 0 Å². The zero-order valence-electron chi connectivity index (χ0n) is 12.0. The van der Waals surface area contributed by atoms with E-state index in [1.807, 2.05) is 18.3 Å². The Balaban J connectivity index is 1.35. The van der Waals surface area contributed by atoms with Gasteiger partial charge >= 0.3 is 0 Å². The maximum absolute atomic E-state index is 12.1. The molecular weight excluding hydrogens is 252 g/mol. The monoisotopic (exact) mass is 276 g/mol. The lowest BCUT2D eigenvalue weighted by Crippen LogP contribution is -2.26. The number of carbonyl (C=O) groups excluding carboxylic acids is 1. The normalized spacial score (nSPS) is 22.1. The fourth-order valence-corrected chi connectivity index (χ4v) is 2.92. The number of ether oxygens (including phenoxy) is 1. The fraction of sp³-hybridized carbons (Fsp3) is 0.688. The number of carbonyl (C=O) groups is 1. The number of amides is 1. The molecule has 1 aromatic rings. The van der Waals surface area contributed by atoms with Crippen molar-refractivity contribution < 1.29 is 9.53 Å². The molecule has 110 valence electrons. The van der Waals surface area contributed by atoms with E-state index in [1.165, 1.54) is 25.7 Å². The van der Waals surface area contributed by atoms with Gasteiger partial charge in [0.1, 0.15) is 5.69 Å². The van der Waals surface area contributed by atoms with Gasteiger partial charge in [-0.15, -0.1) is 0 Å². The number of hydrogen-bond acceptors (Lipinski definition) is 2. The van der Waals surface area contributed by atoms with Crippen molar-refractivity contribution in [1.29, 1.82) is 0 Å². The Hall–Kier alpha value is -1.29. The van der Waals surface area contributed by atoms with E-state index >= 15 is 0 Å². The summed E-state index contributed by atoms with van der Waals surface area (Å²) in [7, 11) is 0. The Labute approximate surface area is 120 Å². The molecule has 2 aliphatic rings. The molecule has 0 bridgehead atoms. The van der Waals surface area contributed by atoms with Crippen LogP contribution in [0.2, 0.25) is 0 Å². The van der Waals surface area contributed by atoms with Crippen LogP contribution in [0.25, 0.3) is 0 Å². The molecule has 1 N–H and O–H groups in total. The topological polar surface area (TPSA) is 43.3 Å². The van der Waals surface area contributed by atoms with Crippen LogP contribution in [0.15, 0.2) is 18.3 Å². The second kappa shape index (κ2) is 6.44. The molecule has 3 rings (SSSR count). The molecule has 1 aliphatic heterocycles. The van der Waals surface area contributed by atoms with E-state index in [4.69, 9.17) is 4.74 Å². The molecule has 2 fully saturated rings. The van der Waals surface area contributed by atoms with Crippen molar-refractivity contribution in [3.05, 3.63) is 24.0 Å². The molecule has 1 aliphatic carbocycles. The van der Waals surface area contributed by atoms with Gasteiger partial charge in [-0.1, -0.05) is 0 Å². The van der Waals surface area contributed by atoms with Crippen molar-refractivity contribution in [2.75, 3.05) is 13.2 Å². The van der Waals surface area contributed by atoms with Crippen molar-refractivity contribution in [2.24, 2.45) is 0 Å². The first-order valence-electron chi connectivity index (χ1n) is 7.91. The summed E-state index contributed by atoms with van der Waals surface area (Å²) in [6.07, 6.45) is 10.6. The summed E-state index contributed by atoms with van der Waals surface area (Å²) in [6, 6.07) is 4.44. The molecule has 1 amide bonds. The van der Waals surface area contributed by atoms with E-state index in [9.17, 15) is 4.79 Å². The number of nitrogens with one attached hydrogen (secondary N) is 1. The van der Waals surface area contributed by atoms with Gasteiger partial charge in [-0.3, -0.25) is 4.79 Å². The average Bonchev–Trinajstić information content (AvgIpc) is 2.98. The van der Waals surface area contributed by atoms with Gasteiger partial charge in [0.2, 0.25) is 0 Å². The first-order valence-corrected chi connectivity index (χ1v) is 7.91. The predicted octanol–water partition coefficient (Wildman–Crippen LogP) is 2.90. The lowest BCUT2D eigenvalue weighted by molar-refractivity contribution is 0.0938. The van der Waals surface area contributed by atoms with Gasteiger partial charge in [-0.05, 0) is 57.1 Å². The highest BCUT2D eigenvalue weighted by molar-refractivity contribution is 5.92. The minimum Gasteiger partial charge on any atom is -0.378 e. The number of unbranched alkanes of at least 4 members (excludes halogenated alkanes) is 1. The quantitative estimate of drug-likeness (QED) is 0.778. The van der Waals surface area contributed by atoms with Gasteiger partial charge in [0, 0.05) is 25.4 Å². The van der Waals surface area contributed by atoms with Gasteiger partial charge < -0.3 is 14.6 Å². The van der Waals surface area contributed by atoms with Crippen LogP contribution in [0.1, 0.15) is 61.5 Å². The highest BCUT2D eigenvalue weighted by Gasteiger charge is 2.26. The van der Waals surface area contributed by atoms with Crippen LogP contribution in [0.5, 0.6) is 0 Å². The van der Waals surface area contributed by atoms with Crippen molar-refractivity contribution >= 4 is 5.91 Å². The van der Waals surface area contributed by atoms with Gasteiger partial charge in [0.25, 0.3) is 5.91 Å². The van der Waals surface area contributed by atoms with E-state index in [-0.39, 0.29) is 5.91 Å². The zero-order chi connectivity index (χ0) is 13.8. The first-order chi connectivity index (χ1) is 9.84. The molecule has 0 radical (unpaired) electrons. The second-order valence-electron chi connectivity index (χ2n) is 5.92. The molecule has 0 spiro atoms. The molecular formula is C16H24N2O2. The number of rotatable bonds is 7. The maximum atomic E-state index is 12.1. The number of hydrogen-bond donors (Lipinski definition) is 1. The Kier molecular flexibility index (Phi) is 4.41. The summed E-state index contributed by atoms with van der Waals surface area (Å²) in [4.78, 5) is 12.1. The summed E-state index contributed by atoms with van der Waals surface area (Å²) in [6.45, 7) is 1.70. The fourth-order valence-electron chi connectivity index (χ4n) is 2.92.